The first-order chi connectivity index (χ1) is 10.6. The summed E-state index contributed by atoms with van der Waals surface area (Å²) >= 11 is 0. The Morgan fingerprint density at radius 1 is 1.05 bits per heavy atom. The molecule has 2 aromatic rings. The van der Waals surface area contributed by atoms with Crippen molar-refractivity contribution in [2.45, 2.75) is 39.2 Å². The van der Waals surface area contributed by atoms with E-state index in [1.807, 2.05) is 50.2 Å². The monoisotopic (exact) mass is 303 g/mol. The summed E-state index contributed by atoms with van der Waals surface area (Å²) in [5.41, 5.74) is 7.58. The van der Waals surface area contributed by atoms with Crippen LogP contribution in [0.3, 0.4) is 0 Å². The number of fused-ring (bicyclic) bond motifs is 1. The van der Waals surface area contributed by atoms with Gasteiger partial charge in [0.1, 0.15) is 0 Å². The predicted octanol–water partition coefficient (Wildman–Crippen LogP) is 3.29. The fraction of sp³-hybridized carbons (Fsp3) is 0.444. The van der Waals surface area contributed by atoms with Gasteiger partial charge in [-0.1, -0.05) is 36.4 Å². The van der Waals surface area contributed by atoms with Gasteiger partial charge in [0.05, 0.1) is 6.10 Å². The summed E-state index contributed by atoms with van der Waals surface area (Å²) in [7, 11) is 0. The summed E-state index contributed by atoms with van der Waals surface area (Å²) < 4.78 is 11.4. The van der Waals surface area contributed by atoms with Crippen LogP contribution in [0.5, 0.6) is 0 Å². The molecule has 4 heteroatoms. The lowest BCUT2D eigenvalue weighted by Gasteiger charge is -2.25. The van der Waals surface area contributed by atoms with E-state index in [1.54, 1.807) is 6.92 Å². The second-order valence-electron chi connectivity index (χ2n) is 5.34. The topological polar surface area (TPSA) is 64.7 Å². The van der Waals surface area contributed by atoms with Crippen molar-refractivity contribution in [2.24, 2.45) is 5.73 Å². The molecule has 0 saturated heterocycles. The van der Waals surface area contributed by atoms with Gasteiger partial charge in [-0.3, -0.25) is 0 Å². The quantitative estimate of drug-likeness (QED) is 0.770. The molecule has 4 nitrogen and oxygen atoms in total. The van der Waals surface area contributed by atoms with Gasteiger partial charge >= 0.3 is 0 Å². The van der Waals surface area contributed by atoms with E-state index >= 15 is 0 Å². The maximum atomic E-state index is 10.6. The van der Waals surface area contributed by atoms with Crippen molar-refractivity contribution in [1.29, 1.82) is 0 Å². The summed E-state index contributed by atoms with van der Waals surface area (Å²) in [6, 6.07) is 11.5. The summed E-state index contributed by atoms with van der Waals surface area (Å²) in [4.78, 5) is 0. The minimum absolute atomic E-state index is 0.381. The van der Waals surface area contributed by atoms with Crippen LogP contribution in [-0.4, -0.2) is 24.4 Å². The molecule has 2 atom stereocenters. The molecule has 22 heavy (non-hydrogen) atoms. The van der Waals surface area contributed by atoms with E-state index in [2.05, 4.69) is 0 Å². The van der Waals surface area contributed by atoms with Gasteiger partial charge in [0, 0.05) is 24.8 Å². The van der Waals surface area contributed by atoms with Gasteiger partial charge in [-0.25, -0.2) is 0 Å². The summed E-state index contributed by atoms with van der Waals surface area (Å²) in [6.45, 7) is 6.71. The average Bonchev–Trinajstić information content (AvgIpc) is 2.52. The predicted molar refractivity (Wildman–Crippen MR) is 88.6 cm³/mol. The molecule has 0 aromatic heterocycles. The maximum Gasteiger partial charge on any atom is 0.184 e. The zero-order valence-corrected chi connectivity index (χ0v) is 13.5. The van der Waals surface area contributed by atoms with E-state index in [4.69, 9.17) is 15.2 Å². The molecule has 0 heterocycles. The largest absolute Gasteiger partial charge is 0.387 e. The molecular weight excluding hydrogens is 278 g/mol. The van der Waals surface area contributed by atoms with Crippen LogP contribution in [0.4, 0.5) is 0 Å². The van der Waals surface area contributed by atoms with Crippen LogP contribution in [-0.2, 0) is 9.47 Å². The van der Waals surface area contributed by atoms with E-state index in [1.165, 1.54) is 0 Å². The van der Waals surface area contributed by atoms with Crippen LogP contribution in [0.15, 0.2) is 36.4 Å². The first kappa shape index (κ1) is 16.9. The van der Waals surface area contributed by atoms with Crippen LogP contribution in [0.2, 0.25) is 0 Å². The second-order valence-corrected chi connectivity index (χ2v) is 5.34. The van der Waals surface area contributed by atoms with Crippen LogP contribution >= 0.6 is 0 Å². The molecule has 0 radical (unpaired) electrons. The molecule has 0 fully saturated rings. The Labute approximate surface area is 131 Å². The average molecular weight is 303 g/mol. The highest BCUT2D eigenvalue weighted by Crippen LogP contribution is 2.34. The third-order valence-electron chi connectivity index (χ3n) is 3.69. The standard InChI is InChI=1S/C18H25NO3/c1-4-21-18(22-5-2)15-11-10-13-8-6-7-9-14(13)16(15)17(20)12(3)19/h6-12,17-18,20H,4-5,19H2,1-3H3. The number of aliphatic hydroxyl groups is 1. The van der Waals surface area contributed by atoms with Crippen molar-refractivity contribution in [3.05, 3.63) is 47.5 Å². The highest BCUT2D eigenvalue weighted by molar-refractivity contribution is 5.87. The van der Waals surface area contributed by atoms with Crippen molar-refractivity contribution in [3.63, 3.8) is 0 Å². The third-order valence-corrected chi connectivity index (χ3v) is 3.69. The van der Waals surface area contributed by atoms with Crippen LogP contribution in [0, 0.1) is 0 Å². The molecule has 2 rings (SSSR count). The van der Waals surface area contributed by atoms with Gasteiger partial charge in [0.15, 0.2) is 6.29 Å². The Balaban J connectivity index is 2.63. The molecule has 0 bridgehead atoms. The number of ether oxygens (including phenoxy) is 2. The first-order valence-corrected chi connectivity index (χ1v) is 7.78. The van der Waals surface area contributed by atoms with Crippen molar-refractivity contribution in [1.82, 2.24) is 0 Å². The summed E-state index contributed by atoms with van der Waals surface area (Å²) in [5, 5.41) is 12.7. The molecule has 0 aliphatic heterocycles. The van der Waals surface area contributed by atoms with Gasteiger partial charge in [-0.2, -0.15) is 0 Å². The molecule has 0 spiro atoms. The van der Waals surface area contributed by atoms with Gasteiger partial charge in [0.25, 0.3) is 0 Å². The van der Waals surface area contributed by atoms with Crippen LogP contribution in [0.25, 0.3) is 10.8 Å². The molecule has 120 valence electrons. The Morgan fingerprint density at radius 2 is 1.68 bits per heavy atom. The fourth-order valence-electron chi connectivity index (χ4n) is 2.64. The minimum atomic E-state index is -0.774. The van der Waals surface area contributed by atoms with Crippen molar-refractivity contribution < 1.29 is 14.6 Å². The van der Waals surface area contributed by atoms with E-state index in [0.29, 0.717) is 13.2 Å². The van der Waals surface area contributed by atoms with Gasteiger partial charge < -0.3 is 20.3 Å². The van der Waals surface area contributed by atoms with Gasteiger partial charge in [-0.15, -0.1) is 0 Å². The number of benzene rings is 2. The number of hydrogen-bond acceptors (Lipinski definition) is 4. The first-order valence-electron chi connectivity index (χ1n) is 7.78. The Hall–Kier alpha value is -1.46. The second kappa shape index (κ2) is 7.70. The molecule has 2 unspecified atom stereocenters. The zero-order valence-electron chi connectivity index (χ0n) is 13.5. The highest BCUT2D eigenvalue weighted by Gasteiger charge is 2.24. The van der Waals surface area contributed by atoms with E-state index < -0.39 is 12.4 Å². The molecule has 0 aliphatic rings. The number of aliphatic hydroxyl groups excluding tert-OH is 1. The van der Waals surface area contributed by atoms with Crippen LogP contribution < -0.4 is 5.73 Å². The maximum absolute atomic E-state index is 10.6. The number of nitrogens with two attached hydrogens (primary N) is 1. The van der Waals surface area contributed by atoms with Gasteiger partial charge in [-0.05, 0) is 37.1 Å². The molecule has 2 aromatic carbocycles. The highest BCUT2D eigenvalue weighted by atomic mass is 16.7. The fourth-order valence-corrected chi connectivity index (χ4v) is 2.64. The lowest BCUT2D eigenvalue weighted by Crippen LogP contribution is -2.26. The SMILES string of the molecule is CCOC(OCC)c1ccc2ccccc2c1C(O)C(C)N. The summed E-state index contributed by atoms with van der Waals surface area (Å²) in [5.74, 6) is 0. The van der Waals surface area contributed by atoms with E-state index in [-0.39, 0.29) is 6.04 Å². The van der Waals surface area contributed by atoms with Crippen molar-refractivity contribution in [2.75, 3.05) is 13.2 Å². The Morgan fingerprint density at radius 3 is 2.27 bits per heavy atom. The minimum Gasteiger partial charge on any atom is -0.387 e. The molecule has 0 saturated carbocycles. The van der Waals surface area contributed by atoms with E-state index in [9.17, 15) is 5.11 Å². The molecule has 0 aliphatic carbocycles. The molecule has 0 amide bonds. The normalized spacial score (nSPS) is 14.5. The Kier molecular flexibility index (Phi) is 5.91. The summed E-state index contributed by atoms with van der Waals surface area (Å²) in [6.07, 6.45) is -1.27. The van der Waals surface area contributed by atoms with Crippen molar-refractivity contribution in [3.8, 4) is 0 Å². The van der Waals surface area contributed by atoms with E-state index in [0.717, 1.165) is 21.9 Å². The van der Waals surface area contributed by atoms with Crippen molar-refractivity contribution >= 4 is 10.8 Å². The molecule has 3 N–H and O–H groups in total. The number of rotatable bonds is 7. The van der Waals surface area contributed by atoms with Gasteiger partial charge in [0.2, 0.25) is 0 Å². The van der Waals surface area contributed by atoms with Crippen LogP contribution in [0.1, 0.15) is 44.3 Å². The smallest absolute Gasteiger partial charge is 0.184 e. The lowest BCUT2D eigenvalue weighted by molar-refractivity contribution is -0.141. The zero-order chi connectivity index (χ0) is 16.1. The third kappa shape index (κ3) is 3.47. The number of hydrogen-bond donors (Lipinski definition) is 2. The Bertz CT molecular complexity index is 606. The molecular formula is C18H25NO3. The lowest BCUT2D eigenvalue weighted by atomic mass is 9.92.